The number of hydrogen-bond donors (Lipinski definition) is 1. The predicted octanol–water partition coefficient (Wildman–Crippen LogP) is 2.27. The highest BCUT2D eigenvalue weighted by molar-refractivity contribution is 4.82. The van der Waals surface area contributed by atoms with Gasteiger partial charge >= 0.3 is 0 Å². The smallest absolute Gasteiger partial charge is 0.0480 e. The third kappa shape index (κ3) is 4.52. The average Bonchev–Trinajstić information content (AvgIpc) is 2.68. The quantitative estimate of drug-likeness (QED) is 0.814. The molecule has 0 aliphatic carbocycles. The SMILES string of the molecule is CC(C)CN(CC1CCCN1)C1CCCOCC1. The van der Waals surface area contributed by atoms with E-state index in [0.717, 1.165) is 31.2 Å². The van der Waals surface area contributed by atoms with E-state index < -0.39 is 0 Å². The van der Waals surface area contributed by atoms with E-state index in [2.05, 4.69) is 24.1 Å². The molecule has 106 valence electrons. The summed E-state index contributed by atoms with van der Waals surface area (Å²) in [7, 11) is 0. The summed E-state index contributed by atoms with van der Waals surface area (Å²) in [6.07, 6.45) is 6.49. The van der Waals surface area contributed by atoms with Crippen molar-refractivity contribution < 1.29 is 4.74 Å². The third-order valence-electron chi connectivity index (χ3n) is 4.15. The van der Waals surface area contributed by atoms with Crippen LogP contribution in [0.2, 0.25) is 0 Å². The van der Waals surface area contributed by atoms with E-state index in [0.29, 0.717) is 0 Å². The lowest BCUT2D eigenvalue weighted by atomic mass is 10.0. The van der Waals surface area contributed by atoms with E-state index in [1.54, 1.807) is 0 Å². The molecule has 2 heterocycles. The minimum absolute atomic E-state index is 0.730. The molecule has 0 radical (unpaired) electrons. The van der Waals surface area contributed by atoms with Crippen molar-refractivity contribution in [3.63, 3.8) is 0 Å². The Hall–Kier alpha value is -0.120. The lowest BCUT2D eigenvalue weighted by molar-refractivity contribution is 0.119. The van der Waals surface area contributed by atoms with Gasteiger partial charge in [0.25, 0.3) is 0 Å². The Morgan fingerprint density at radius 2 is 2.06 bits per heavy atom. The largest absolute Gasteiger partial charge is 0.381 e. The number of nitrogens with zero attached hydrogens (tertiary/aromatic N) is 1. The zero-order chi connectivity index (χ0) is 12.8. The van der Waals surface area contributed by atoms with Crippen LogP contribution in [0.4, 0.5) is 0 Å². The Bertz CT molecular complexity index is 219. The molecule has 2 unspecified atom stereocenters. The number of rotatable bonds is 5. The minimum Gasteiger partial charge on any atom is -0.381 e. The van der Waals surface area contributed by atoms with Gasteiger partial charge in [-0.1, -0.05) is 13.8 Å². The number of ether oxygens (including phenoxy) is 1. The second-order valence-corrected chi connectivity index (χ2v) is 6.34. The van der Waals surface area contributed by atoms with Crippen molar-refractivity contribution in [1.29, 1.82) is 0 Å². The van der Waals surface area contributed by atoms with E-state index in [-0.39, 0.29) is 0 Å². The van der Waals surface area contributed by atoms with E-state index in [9.17, 15) is 0 Å². The highest BCUT2D eigenvalue weighted by Gasteiger charge is 2.25. The molecule has 3 nitrogen and oxygen atoms in total. The van der Waals surface area contributed by atoms with Gasteiger partial charge in [-0.3, -0.25) is 4.90 Å². The van der Waals surface area contributed by atoms with Gasteiger partial charge in [-0.15, -0.1) is 0 Å². The molecular formula is C15H30N2O. The molecule has 18 heavy (non-hydrogen) atoms. The van der Waals surface area contributed by atoms with Gasteiger partial charge in [0.05, 0.1) is 0 Å². The lowest BCUT2D eigenvalue weighted by Crippen LogP contribution is -2.45. The summed E-state index contributed by atoms with van der Waals surface area (Å²) in [6.45, 7) is 10.3. The van der Waals surface area contributed by atoms with E-state index in [4.69, 9.17) is 4.74 Å². The molecule has 0 aromatic heterocycles. The summed E-state index contributed by atoms with van der Waals surface area (Å²) >= 11 is 0. The Balaban J connectivity index is 1.89. The topological polar surface area (TPSA) is 24.5 Å². The summed E-state index contributed by atoms with van der Waals surface area (Å²) < 4.78 is 5.61. The van der Waals surface area contributed by atoms with E-state index in [1.807, 2.05) is 0 Å². The highest BCUT2D eigenvalue weighted by Crippen LogP contribution is 2.19. The molecule has 0 aromatic carbocycles. The number of hydrogen-bond acceptors (Lipinski definition) is 3. The van der Waals surface area contributed by atoms with Gasteiger partial charge in [-0.2, -0.15) is 0 Å². The molecule has 1 N–H and O–H groups in total. The van der Waals surface area contributed by atoms with Crippen molar-refractivity contribution in [3.8, 4) is 0 Å². The third-order valence-corrected chi connectivity index (χ3v) is 4.15. The molecule has 0 bridgehead atoms. The van der Waals surface area contributed by atoms with Crippen LogP contribution in [0.3, 0.4) is 0 Å². The maximum Gasteiger partial charge on any atom is 0.0480 e. The van der Waals surface area contributed by atoms with Gasteiger partial charge in [0, 0.05) is 38.4 Å². The fourth-order valence-corrected chi connectivity index (χ4v) is 3.29. The fraction of sp³-hybridized carbons (Fsp3) is 1.00. The molecule has 2 aliphatic heterocycles. The first-order valence-corrected chi connectivity index (χ1v) is 7.81. The van der Waals surface area contributed by atoms with Crippen molar-refractivity contribution in [3.05, 3.63) is 0 Å². The molecule has 0 spiro atoms. The summed E-state index contributed by atoms with van der Waals surface area (Å²) in [5.74, 6) is 0.760. The minimum atomic E-state index is 0.730. The fourth-order valence-electron chi connectivity index (χ4n) is 3.29. The Kier molecular flexibility index (Phi) is 5.93. The summed E-state index contributed by atoms with van der Waals surface area (Å²) in [5.41, 5.74) is 0. The molecule has 2 saturated heterocycles. The van der Waals surface area contributed by atoms with Gasteiger partial charge in [0.15, 0.2) is 0 Å². The van der Waals surface area contributed by atoms with Crippen molar-refractivity contribution in [1.82, 2.24) is 10.2 Å². The van der Waals surface area contributed by atoms with Crippen LogP contribution in [0, 0.1) is 5.92 Å². The molecule has 2 rings (SSSR count). The Morgan fingerprint density at radius 3 is 2.78 bits per heavy atom. The standard InChI is InChI=1S/C15H30N2O/c1-13(2)11-17(12-14-5-3-8-16-14)15-6-4-9-18-10-7-15/h13-16H,3-12H2,1-2H3. The van der Waals surface area contributed by atoms with Crippen LogP contribution in [-0.2, 0) is 4.74 Å². The second-order valence-electron chi connectivity index (χ2n) is 6.34. The maximum atomic E-state index is 5.61. The van der Waals surface area contributed by atoms with Crippen molar-refractivity contribution in [2.24, 2.45) is 5.92 Å². The highest BCUT2D eigenvalue weighted by atomic mass is 16.5. The number of nitrogens with one attached hydrogen (secondary N) is 1. The molecule has 2 aliphatic rings. The van der Waals surface area contributed by atoms with Crippen LogP contribution in [0.1, 0.15) is 46.0 Å². The van der Waals surface area contributed by atoms with Gasteiger partial charge < -0.3 is 10.1 Å². The first kappa shape index (κ1) is 14.3. The molecule has 2 fully saturated rings. The summed E-state index contributed by atoms with van der Waals surface area (Å²) in [4.78, 5) is 2.74. The van der Waals surface area contributed by atoms with E-state index >= 15 is 0 Å². The maximum absolute atomic E-state index is 5.61. The zero-order valence-electron chi connectivity index (χ0n) is 12.2. The van der Waals surface area contributed by atoms with Gasteiger partial charge in [0.1, 0.15) is 0 Å². The summed E-state index contributed by atoms with van der Waals surface area (Å²) in [5, 5.41) is 3.64. The predicted molar refractivity (Wildman–Crippen MR) is 75.9 cm³/mol. The van der Waals surface area contributed by atoms with Crippen molar-refractivity contribution in [2.75, 3.05) is 32.8 Å². The van der Waals surface area contributed by atoms with Gasteiger partial charge in [0.2, 0.25) is 0 Å². The average molecular weight is 254 g/mol. The lowest BCUT2D eigenvalue weighted by Gasteiger charge is -2.34. The van der Waals surface area contributed by atoms with Crippen LogP contribution < -0.4 is 5.32 Å². The molecule has 0 aromatic rings. The van der Waals surface area contributed by atoms with Crippen molar-refractivity contribution >= 4 is 0 Å². The molecular weight excluding hydrogens is 224 g/mol. The van der Waals surface area contributed by atoms with Crippen LogP contribution >= 0.6 is 0 Å². The van der Waals surface area contributed by atoms with Gasteiger partial charge in [-0.25, -0.2) is 0 Å². The first-order chi connectivity index (χ1) is 8.75. The second kappa shape index (κ2) is 7.46. The van der Waals surface area contributed by atoms with Crippen LogP contribution in [0.15, 0.2) is 0 Å². The molecule has 0 amide bonds. The van der Waals surface area contributed by atoms with E-state index in [1.165, 1.54) is 51.7 Å². The Morgan fingerprint density at radius 1 is 1.17 bits per heavy atom. The molecule has 3 heteroatoms. The van der Waals surface area contributed by atoms with Crippen LogP contribution in [0.25, 0.3) is 0 Å². The van der Waals surface area contributed by atoms with Gasteiger partial charge in [-0.05, 0) is 44.6 Å². The summed E-state index contributed by atoms with van der Waals surface area (Å²) in [6, 6.07) is 1.48. The Labute approximate surface area is 112 Å². The zero-order valence-corrected chi connectivity index (χ0v) is 12.2. The monoisotopic (exact) mass is 254 g/mol. The molecule has 2 atom stereocenters. The van der Waals surface area contributed by atoms with Crippen LogP contribution in [-0.4, -0.2) is 49.8 Å². The van der Waals surface area contributed by atoms with Crippen molar-refractivity contribution in [2.45, 2.75) is 58.0 Å². The normalized spacial score (nSPS) is 30.0. The molecule has 0 saturated carbocycles. The van der Waals surface area contributed by atoms with Crippen LogP contribution in [0.5, 0.6) is 0 Å². The first-order valence-electron chi connectivity index (χ1n) is 7.81.